The normalized spacial score (nSPS) is 14.9. The third-order valence-electron chi connectivity index (χ3n) is 6.99. The van der Waals surface area contributed by atoms with E-state index in [2.05, 4.69) is 40.5 Å². The Morgan fingerprint density at radius 1 is 1.10 bits per heavy atom. The highest BCUT2D eigenvalue weighted by atomic mass is 32.1. The molecule has 1 saturated heterocycles. The molecule has 1 aromatic carbocycles. The molecule has 5 rings (SSSR count). The molecular weight excluding hydrogens is 560 g/mol. The Morgan fingerprint density at radius 3 is 2.45 bits per heavy atom. The molecule has 2 amide bonds. The van der Waals surface area contributed by atoms with Gasteiger partial charge in [0.2, 0.25) is 0 Å². The van der Waals surface area contributed by atoms with Crippen LogP contribution in [0.4, 0.5) is 20.5 Å². The van der Waals surface area contributed by atoms with Crippen molar-refractivity contribution in [2.75, 3.05) is 29.9 Å². The fourth-order valence-electron chi connectivity index (χ4n) is 4.73. The number of carbonyl (C=O) groups excluding carboxylic acids is 1. The number of hydrogen-bond acceptors (Lipinski definition) is 11. The number of thiazole rings is 1. The lowest BCUT2D eigenvalue weighted by Gasteiger charge is -2.38. The van der Waals surface area contributed by atoms with Gasteiger partial charge in [0.05, 0.1) is 15.9 Å². The molecule has 0 spiro atoms. The van der Waals surface area contributed by atoms with Gasteiger partial charge in [0.1, 0.15) is 23.3 Å². The molecule has 4 aromatic rings. The predicted octanol–water partition coefficient (Wildman–Crippen LogP) is 4.63. The summed E-state index contributed by atoms with van der Waals surface area (Å²) in [5.41, 5.74) is 1.70. The maximum atomic E-state index is 12.2. The van der Waals surface area contributed by atoms with Crippen LogP contribution < -0.4 is 15.5 Å². The SMILES string of the molecule is CCNC(=O)Nc1nc2cc(-c3cnc(C(C)(C)O)nc3)cc(-c3cc(N4CCC(C)(OC(=O)O)CC4)ncn3)c2s1. The smallest absolute Gasteiger partial charge is 0.450 e. The molecule has 42 heavy (non-hydrogen) atoms. The van der Waals surface area contributed by atoms with Gasteiger partial charge in [-0.15, -0.1) is 0 Å². The van der Waals surface area contributed by atoms with Crippen LogP contribution >= 0.6 is 11.3 Å². The number of aliphatic hydroxyl groups is 1. The second-order valence-corrected chi connectivity index (χ2v) is 11.8. The molecule has 0 saturated carbocycles. The highest BCUT2D eigenvalue weighted by Crippen LogP contribution is 2.39. The molecule has 0 bridgehead atoms. The second-order valence-electron chi connectivity index (χ2n) is 10.8. The lowest BCUT2D eigenvalue weighted by Crippen LogP contribution is -2.45. The van der Waals surface area contributed by atoms with Gasteiger partial charge in [-0.25, -0.2) is 34.5 Å². The van der Waals surface area contributed by atoms with Gasteiger partial charge in [0, 0.05) is 62.1 Å². The van der Waals surface area contributed by atoms with Gasteiger partial charge in [-0.1, -0.05) is 11.3 Å². The van der Waals surface area contributed by atoms with Gasteiger partial charge in [0.15, 0.2) is 11.0 Å². The molecule has 1 aliphatic heterocycles. The molecule has 1 fully saturated rings. The third-order valence-corrected chi connectivity index (χ3v) is 8.01. The number of ether oxygens (including phenoxy) is 1. The summed E-state index contributed by atoms with van der Waals surface area (Å²) in [6.45, 7) is 8.51. The Kier molecular flexibility index (Phi) is 7.93. The summed E-state index contributed by atoms with van der Waals surface area (Å²) in [5.74, 6) is 1.01. The number of benzene rings is 1. The van der Waals surface area contributed by atoms with E-state index in [0.717, 1.165) is 21.4 Å². The zero-order valence-corrected chi connectivity index (χ0v) is 24.5. The number of anilines is 2. The van der Waals surface area contributed by atoms with Crippen LogP contribution in [0, 0.1) is 0 Å². The number of carbonyl (C=O) groups is 2. The van der Waals surface area contributed by atoms with Crippen LogP contribution in [0.2, 0.25) is 0 Å². The summed E-state index contributed by atoms with van der Waals surface area (Å²) in [6, 6.07) is 5.42. The van der Waals surface area contributed by atoms with Crippen molar-refractivity contribution in [3.8, 4) is 22.4 Å². The minimum absolute atomic E-state index is 0.307. The summed E-state index contributed by atoms with van der Waals surface area (Å²) in [4.78, 5) is 47.8. The predicted molar refractivity (Wildman–Crippen MR) is 159 cm³/mol. The third kappa shape index (κ3) is 6.39. The lowest BCUT2D eigenvalue weighted by molar-refractivity contribution is -0.0215. The van der Waals surface area contributed by atoms with Crippen molar-refractivity contribution >= 4 is 44.7 Å². The van der Waals surface area contributed by atoms with Crippen molar-refractivity contribution in [1.29, 1.82) is 0 Å². The highest BCUT2D eigenvalue weighted by Gasteiger charge is 2.34. The van der Waals surface area contributed by atoms with Crippen molar-refractivity contribution in [1.82, 2.24) is 30.2 Å². The first kappa shape index (κ1) is 29.1. The Balaban J connectivity index is 1.53. The van der Waals surface area contributed by atoms with Crippen molar-refractivity contribution in [2.45, 2.75) is 51.7 Å². The number of hydrogen-bond donors (Lipinski definition) is 4. The van der Waals surface area contributed by atoms with Crippen molar-refractivity contribution < 1.29 is 24.5 Å². The van der Waals surface area contributed by atoms with Gasteiger partial charge < -0.3 is 25.2 Å². The quantitative estimate of drug-likeness (QED) is 0.220. The van der Waals surface area contributed by atoms with E-state index in [-0.39, 0.29) is 6.03 Å². The van der Waals surface area contributed by atoms with E-state index in [4.69, 9.17) is 9.84 Å². The van der Waals surface area contributed by atoms with Crippen LogP contribution in [0.1, 0.15) is 46.4 Å². The van der Waals surface area contributed by atoms with Gasteiger partial charge in [0.25, 0.3) is 0 Å². The van der Waals surface area contributed by atoms with Gasteiger partial charge >= 0.3 is 12.2 Å². The number of carboxylic acid groups (broad SMARTS) is 1. The van der Waals surface area contributed by atoms with Crippen LogP contribution in [0.5, 0.6) is 0 Å². The van der Waals surface area contributed by atoms with E-state index in [0.29, 0.717) is 60.5 Å². The number of piperidine rings is 1. The molecule has 14 heteroatoms. The maximum Gasteiger partial charge on any atom is 0.506 e. The van der Waals surface area contributed by atoms with Crippen molar-refractivity contribution in [2.24, 2.45) is 0 Å². The number of fused-ring (bicyclic) bond motifs is 1. The summed E-state index contributed by atoms with van der Waals surface area (Å²) in [5, 5.41) is 25.3. The topological polar surface area (TPSA) is 176 Å². The van der Waals surface area contributed by atoms with Crippen LogP contribution in [0.25, 0.3) is 32.6 Å². The molecule has 0 aliphatic carbocycles. The first-order valence-corrected chi connectivity index (χ1v) is 14.3. The number of nitrogens with one attached hydrogen (secondary N) is 2. The largest absolute Gasteiger partial charge is 0.506 e. The van der Waals surface area contributed by atoms with Crippen LogP contribution in [0.3, 0.4) is 0 Å². The summed E-state index contributed by atoms with van der Waals surface area (Å²) in [6.07, 6.45) is 4.60. The average Bonchev–Trinajstić information content (AvgIpc) is 3.34. The van der Waals surface area contributed by atoms with Crippen molar-refractivity contribution in [3.05, 3.63) is 42.7 Å². The van der Waals surface area contributed by atoms with Gasteiger partial charge in [-0.3, -0.25) is 5.32 Å². The lowest BCUT2D eigenvalue weighted by atomic mass is 9.93. The molecule has 220 valence electrons. The number of nitrogens with zero attached hydrogens (tertiary/aromatic N) is 6. The summed E-state index contributed by atoms with van der Waals surface area (Å²) in [7, 11) is 0. The standard InChI is InChI=1S/C28H32N8O5S/c1-5-29-24(37)35-25-34-20-11-16(17-13-30-23(31-14-17)27(2,3)40)10-18(22(20)42-25)19-12-21(33-15-32-19)36-8-6-28(4,7-9-36)41-26(38)39/h10-15,40H,5-9H2,1-4H3,(H,38,39)(H2,29,34,35,37). The minimum Gasteiger partial charge on any atom is -0.450 e. The fraction of sp³-hybridized carbons (Fsp3) is 0.393. The number of amides is 2. The number of urea groups is 1. The average molecular weight is 593 g/mol. The van der Waals surface area contributed by atoms with E-state index in [1.165, 1.54) is 17.7 Å². The molecule has 0 unspecified atom stereocenters. The summed E-state index contributed by atoms with van der Waals surface area (Å²) < 4.78 is 5.95. The van der Waals surface area contributed by atoms with Gasteiger partial charge in [-0.2, -0.15) is 0 Å². The van der Waals surface area contributed by atoms with E-state index in [9.17, 15) is 14.7 Å². The molecule has 3 aromatic heterocycles. The molecule has 0 radical (unpaired) electrons. The molecule has 0 atom stereocenters. The number of rotatable bonds is 7. The number of aromatic nitrogens is 5. The van der Waals surface area contributed by atoms with E-state index in [1.54, 1.807) is 33.2 Å². The minimum atomic E-state index is -1.27. The first-order chi connectivity index (χ1) is 19.9. The molecule has 1 aliphatic rings. The van der Waals surface area contributed by atoms with Crippen LogP contribution in [-0.4, -0.2) is 72.6 Å². The van der Waals surface area contributed by atoms with E-state index in [1.807, 2.05) is 25.1 Å². The zero-order chi connectivity index (χ0) is 30.1. The molecule has 4 N–H and O–H groups in total. The molecule has 4 heterocycles. The highest BCUT2D eigenvalue weighted by molar-refractivity contribution is 7.22. The zero-order valence-electron chi connectivity index (χ0n) is 23.7. The maximum absolute atomic E-state index is 12.2. The monoisotopic (exact) mass is 592 g/mol. The van der Waals surface area contributed by atoms with Crippen LogP contribution in [0.15, 0.2) is 36.9 Å². The van der Waals surface area contributed by atoms with E-state index < -0.39 is 17.4 Å². The summed E-state index contributed by atoms with van der Waals surface area (Å²) >= 11 is 1.34. The Labute approximate surface area is 246 Å². The fourth-order valence-corrected chi connectivity index (χ4v) is 5.69. The molecule has 13 nitrogen and oxygen atoms in total. The van der Waals surface area contributed by atoms with Gasteiger partial charge in [-0.05, 0) is 45.4 Å². The Hall–Kier alpha value is -4.43. The van der Waals surface area contributed by atoms with Crippen LogP contribution in [-0.2, 0) is 10.3 Å². The second kappa shape index (κ2) is 11.4. The Bertz CT molecular complexity index is 1610. The molecular formula is C28H32N8O5S. The van der Waals surface area contributed by atoms with Crippen molar-refractivity contribution in [3.63, 3.8) is 0 Å². The first-order valence-electron chi connectivity index (χ1n) is 13.5. The van der Waals surface area contributed by atoms with E-state index >= 15 is 0 Å². The Morgan fingerprint density at radius 2 is 1.81 bits per heavy atom.